The summed E-state index contributed by atoms with van der Waals surface area (Å²) in [6.45, 7) is 2.15. The van der Waals surface area contributed by atoms with E-state index in [4.69, 9.17) is 5.26 Å². The van der Waals surface area contributed by atoms with Gasteiger partial charge in [-0.25, -0.2) is 31.6 Å². The van der Waals surface area contributed by atoms with Crippen LogP contribution in [0.5, 0.6) is 0 Å². The maximum Gasteiger partial charge on any atom is 0.178 e. The first-order valence-electron chi connectivity index (χ1n) is 10.7. The molecular formula is C22H26F6O3S. The summed E-state index contributed by atoms with van der Waals surface area (Å²) in [5, 5.41) is 8.57. The van der Waals surface area contributed by atoms with E-state index in [2.05, 4.69) is 16.3 Å². The summed E-state index contributed by atoms with van der Waals surface area (Å²) in [6, 6.07) is 0. The summed E-state index contributed by atoms with van der Waals surface area (Å²) in [5.74, 6) is -10.6. The van der Waals surface area contributed by atoms with Crippen molar-refractivity contribution in [2.24, 2.45) is 0 Å². The van der Waals surface area contributed by atoms with Gasteiger partial charge in [-0.05, 0) is 12.8 Å². The minimum atomic E-state index is -1.90. The molecule has 0 saturated carbocycles. The smallest absolute Gasteiger partial charge is 0.178 e. The van der Waals surface area contributed by atoms with Crippen LogP contribution in [0.15, 0.2) is 4.90 Å². The van der Waals surface area contributed by atoms with Gasteiger partial charge in [-0.1, -0.05) is 69.7 Å². The zero-order valence-corrected chi connectivity index (χ0v) is 18.5. The minimum Gasteiger partial charge on any atom is -0.220 e. The molecular weight excluding hydrogens is 458 g/mol. The third-order valence-corrected chi connectivity index (χ3v) is 6.02. The van der Waals surface area contributed by atoms with Crippen molar-refractivity contribution in [1.29, 1.82) is 0 Å². The standard InChI is InChI=1S/C22H26F6O3S/c1-2-3-4-5-6-7-8-9-10-11-12-13-16(23)14-15(18(25)17(13)24)20(27)22(32-31-30-29)21(28)19(14)26/h29H,2-12H2,1H3. The highest BCUT2D eigenvalue weighted by molar-refractivity contribution is 7.94. The highest BCUT2D eigenvalue weighted by atomic mass is 32.2. The van der Waals surface area contributed by atoms with E-state index in [-0.39, 0.29) is 18.5 Å². The Morgan fingerprint density at radius 1 is 0.625 bits per heavy atom. The predicted octanol–water partition coefficient (Wildman–Crippen LogP) is 8.57. The van der Waals surface area contributed by atoms with Gasteiger partial charge in [0.25, 0.3) is 0 Å². The summed E-state index contributed by atoms with van der Waals surface area (Å²) in [6.07, 6.45) is 9.49. The van der Waals surface area contributed by atoms with Crippen LogP contribution in [-0.2, 0) is 15.8 Å². The number of hydrogen-bond acceptors (Lipinski definition) is 4. The van der Waals surface area contributed by atoms with Gasteiger partial charge >= 0.3 is 0 Å². The molecule has 32 heavy (non-hydrogen) atoms. The molecule has 1 N–H and O–H groups in total. The van der Waals surface area contributed by atoms with Gasteiger partial charge in [0.1, 0.15) is 10.7 Å². The van der Waals surface area contributed by atoms with Crippen LogP contribution in [-0.4, -0.2) is 5.26 Å². The van der Waals surface area contributed by atoms with Crippen molar-refractivity contribution in [3.63, 3.8) is 0 Å². The predicted molar refractivity (Wildman–Crippen MR) is 110 cm³/mol. The average molecular weight is 485 g/mol. The monoisotopic (exact) mass is 484 g/mol. The van der Waals surface area contributed by atoms with Crippen LogP contribution in [0.4, 0.5) is 26.3 Å². The summed E-state index contributed by atoms with van der Waals surface area (Å²) in [7, 11) is 0. The van der Waals surface area contributed by atoms with Crippen LogP contribution in [0.1, 0.15) is 76.7 Å². The maximum atomic E-state index is 14.8. The summed E-state index contributed by atoms with van der Waals surface area (Å²) < 4.78 is 90.7. The second-order valence-electron chi connectivity index (χ2n) is 7.60. The number of unbranched alkanes of at least 4 members (excludes halogenated alkanes) is 9. The Kier molecular flexibility index (Phi) is 11.1. The SMILES string of the molecule is CCCCCCCCCCCCc1c(F)c(F)c2c(F)c(SOOO)c(F)c(F)c2c1F. The molecule has 2 rings (SSSR count). The molecule has 0 spiro atoms. The Bertz CT molecular complexity index is 910. The van der Waals surface area contributed by atoms with Crippen LogP contribution in [0.2, 0.25) is 0 Å². The van der Waals surface area contributed by atoms with Crippen LogP contribution >= 0.6 is 12.0 Å². The van der Waals surface area contributed by atoms with E-state index in [9.17, 15) is 26.3 Å². The van der Waals surface area contributed by atoms with Gasteiger partial charge < -0.3 is 0 Å². The van der Waals surface area contributed by atoms with E-state index in [0.29, 0.717) is 12.8 Å². The van der Waals surface area contributed by atoms with Crippen LogP contribution in [0.25, 0.3) is 10.8 Å². The molecule has 0 aromatic heterocycles. The second-order valence-corrected chi connectivity index (χ2v) is 8.31. The number of rotatable bonds is 14. The Labute approximate surface area is 187 Å². The van der Waals surface area contributed by atoms with Crippen molar-refractivity contribution in [3.05, 3.63) is 40.5 Å². The maximum absolute atomic E-state index is 14.8. The highest BCUT2D eigenvalue weighted by Crippen LogP contribution is 2.39. The first-order valence-corrected chi connectivity index (χ1v) is 11.4. The minimum absolute atomic E-state index is 0.234. The third-order valence-electron chi connectivity index (χ3n) is 5.37. The normalized spacial score (nSPS) is 11.6. The first kappa shape index (κ1) is 26.8. The van der Waals surface area contributed by atoms with E-state index in [1.807, 2.05) is 0 Å². The quantitative estimate of drug-likeness (QED) is 0.0728. The summed E-state index contributed by atoms with van der Waals surface area (Å²) in [5.41, 5.74) is -0.748. The fraction of sp³-hybridized carbons (Fsp3) is 0.545. The Morgan fingerprint density at radius 3 is 1.69 bits per heavy atom. The molecule has 10 heteroatoms. The number of benzene rings is 2. The lowest BCUT2D eigenvalue weighted by Gasteiger charge is -2.14. The summed E-state index contributed by atoms with van der Waals surface area (Å²) >= 11 is -0.318. The molecule has 0 aliphatic carbocycles. The Balaban J connectivity index is 2.12. The molecule has 0 unspecified atom stereocenters. The van der Waals surface area contributed by atoms with Crippen molar-refractivity contribution in [3.8, 4) is 0 Å². The van der Waals surface area contributed by atoms with Gasteiger partial charge in [0.15, 0.2) is 29.1 Å². The van der Waals surface area contributed by atoms with E-state index in [0.717, 1.165) is 25.7 Å². The molecule has 0 radical (unpaired) electrons. The average Bonchev–Trinajstić information content (AvgIpc) is 2.77. The van der Waals surface area contributed by atoms with Crippen molar-refractivity contribution < 1.29 is 41.0 Å². The molecule has 0 fully saturated rings. The Hall–Kier alpha value is -1.49. The van der Waals surface area contributed by atoms with Gasteiger partial charge in [0, 0.05) is 5.56 Å². The fourth-order valence-electron chi connectivity index (χ4n) is 3.67. The third kappa shape index (κ3) is 6.30. The molecule has 0 saturated heterocycles. The van der Waals surface area contributed by atoms with E-state index in [1.54, 1.807) is 0 Å². The topological polar surface area (TPSA) is 38.7 Å². The first-order chi connectivity index (χ1) is 15.4. The number of halogens is 6. The van der Waals surface area contributed by atoms with Crippen LogP contribution in [0.3, 0.4) is 0 Å². The molecule has 0 aliphatic rings. The van der Waals surface area contributed by atoms with Crippen LogP contribution < -0.4 is 0 Å². The van der Waals surface area contributed by atoms with Gasteiger partial charge in [0.05, 0.1) is 22.8 Å². The Morgan fingerprint density at radius 2 is 1.12 bits per heavy atom. The lowest BCUT2D eigenvalue weighted by Crippen LogP contribution is -2.07. The zero-order chi connectivity index (χ0) is 23.7. The van der Waals surface area contributed by atoms with Gasteiger partial charge in [-0.3, -0.25) is 0 Å². The molecule has 3 nitrogen and oxygen atoms in total. The molecule has 180 valence electrons. The van der Waals surface area contributed by atoms with Crippen molar-refractivity contribution in [2.45, 2.75) is 82.4 Å². The van der Waals surface area contributed by atoms with Gasteiger partial charge in [0.2, 0.25) is 0 Å². The molecule has 0 aliphatic heterocycles. The molecule has 0 amide bonds. The van der Waals surface area contributed by atoms with Crippen molar-refractivity contribution in [1.82, 2.24) is 0 Å². The fourth-order valence-corrected chi connectivity index (χ4v) is 4.11. The highest BCUT2D eigenvalue weighted by Gasteiger charge is 2.30. The number of fused-ring (bicyclic) bond motifs is 1. The largest absolute Gasteiger partial charge is 0.220 e. The lowest BCUT2D eigenvalue weighted by molar-refractivity contribution is -0.432. The summed E-state index contributed by atoms with van der Waals surface area (Å²) in [4.78, 5) is -1.26. The van der Waals surface area contributed by atoms with E-state index < -0.39 is 56.1 Å². The molecule has 2 aromatic rings. The van der Waals surface area contributed by atoms with E-state index >= 15 is 0 Å². The molecule has 0 heterocycles. The molecule has 0 atom stereocenters. The van der Waals surface area contributed by atoms with Gasteiger partial charge in [-0.2, -0.15) is 0 Å². The van der Waals surface area contributed by atoms with E-state index in [1.165, 1.54) is 25.7 Å². The van der Waals surface area contributed by atoms with Gasteiger partial charge in [-0.15, -0.1) is 4.33 Å². The molecule has 0 bridgehead atoms. The van der Waals surface area contributed by atoms with Crippen molar-refractivity contribution >= 4 is 22.8 Å². The molecule has 2 aromatic carbocycles. The second kappa shape index (κ2) is 13.3. The number of hydrogen-bond donors (Lipinski definition) is 1. The zero-order valence-electron chi connectivity index (χ0n) is 17.7. The van der Waals surface area contributed by atoms with Crippen LogP contribution in [0, 0.1) is 34.9 Å². The lowest BCUT2D eigenvalue weighted by atomic mass is 9.98. The van der Waals surface area contributed by atoms with Crippen molar-refractivity contribution in [2.75, 3.05) is 0 Å².